The van der Waals surface area contributed by atoms with Gasteiger partial charge in [-0.25, -0.2) is 10.6 Å². The molecule has 0 rings (SSSR count). The van der Waals surface area contributed by atoms with E-state index in [1.165, 1.54) is 0 Å². The number of amides is 3. The van der Waals surface area contributed by atoms with Crippen molar-refractivity contribution in [2.75, 3.05) is 6.54 Å². The van der Waals surface area contributed by atoms with E-state index in [4.69, 9.17) is 5.84 Å². The first-order valence-electron chi connectivity index (χ1n) is 4.16. The number of carbonyl (C=O) groups is 2. The van der Waals surface area contributed by atoms with Crippen molar-refractivity contribution in [1.29, 1.82) is 0 Å². The van der Waals surface area contributed by atoms with Crippen molar-refractivity contribution in [2.45, 2.75) is 26.3 Å². The van der Waals surface area contributed by atoms with Crippen LogP contribution in [0.25, 0.3) is 0 Å². The second-order valence-corrected chi connectivity index (χ2v) is 2.63. The van der Waals surface area contributed by atoms with Crippen LogP contribution >= 0.6 is 0 Å². The first kappa shape index (κ1) is 11.7. The van der Waals surface area contributed by atoms with Gasteiger partial charge in [0.15, 0.2) is 0 Å². The smallest absolute Gasteiger partial charge is 0.329 e. The Morgan fingerprint density at radius 2 is 2.08 bits per heavy atom. The van der Waals surface area contributed by atoms with Gasteiger partial charge in [-0.05, 0) is 13.3 Å². The summed E-state index contributed by atoms with van der Waals surface area (Å²) in [5.74, 6) is 4.61. The molecule has 13 heavy (non-hydrogen) atoms. The molecule has 6 nitrogen and oxygen atoms in total. The van der Waals surface area contributed by atoms with Crippen LogP contribution in [-0.4, -0.2) is 24.5 Å². The summed E-state index contributed by atoms with van der Waals surface area (Å²) in [6.07, 6.45) is 0.863. The van der Waals surface area contributed by atoms with E-state index in [9.17, 15) is 9.59 Å². The summed E-state index contributed by atoms with van der Waals surface area (Å²) < 4.78 is 0. The zero-order valence-corrected chi connectivity index (χ0v) is 7.89. The van der Waals surface area contributed by atoms with Crippen LogP contribution in [-0.2, 0) is 4.79 Å². The molecule has 0 aromatic heterocycles. The normalized spacial score (nSPS) is 11.6. The molecule has 0 aromatic carbocycles. The molecule has 0 bridgehead atoms. The number of nitrogens with two attached hydrogens (primary N) is 1. The van der Waals surface area contributed by atoms with E-state index in [-0.39, 0.29) is 5.91 Å². The average molecular weight is 188 g/mol. The van der Waals surface area contributed by atoms with Crippen molar-refractivity contribution in [2.24, 2.45) is 5.84 Å². The van der Waals surface area contributed by atoms with Crippen molar-refractivity contribution in [1.82, 2.24) is 16.1 Å². The Morgan fingerprint density at radius 1 is 1.46 bits per heavy atom. The third kappa shape index (κ3) is 5.02. The Labute approximate surface area is 77.2 Å². The Bertz CT molecular complexity index is 183. The van der Waals surface area contributed by atoms with Gasteiger partial charge in [0.2, 0.25) is 5.91 Å². The summed E-state index contributed by atoms with van der Waals surface area (Å²) in [5.41, 5.74) is 1.88. The molecular weight excluding hydrogens is 172 g/mol. The minimum atomic E-state index is -0.574. The maximum Gasteiger partial charge on any atom is 0.329 e. The average Bonchev–Trinajstić information content (AvgIpc) is 2.13. The molecule has 6 heteroatoms. The molecule has 0 fully saturated rings. The molecule has 0 saturated carbocycles. The lowest BCUT2D eigenvalue weighted by molar-refractivity contribution is -0.122. The lowest BCUT2D eigenvalue weighted by atomic mass is 10.3. The van der Waals surface area contributed by atoms with Crippen molar-refractivity contribution >= 4 is 11.9 Å². The van der Waals surface area contributed by atoms with Crippen molar-refractivity contribution in [3.63, 3.8) is 0 Å². The molecule has 0 aromatic rings. The minimum absolute atomic E-state index is 0.217. The van der Waals surface area contributed by atoms with Gasteiger partial charge in [0, 0.05) is 6.54 Å². The molecule has 1 atom stereocenters. The van der Waals surface area contributed by atoms with Crippen molar-refractivity contribution in [3.05, 3.63) is 0 Å². The van der Waals surface area contributed by atoms with Crippen LogP contribution in [0.1, 0.15) is 20.3 Å². The Kier molecular flexibility index (Phi) is 5.62. The highest BCUT2D eigenvalue weighted by Gasteiger charge is 2.13. The number of carbonyl (C=O) groups excluding carboxylic acids is 2. The molecule has 0 heterocycles. The minimum Gasteiger partial charge on any atom is -0.354 e. The zero-order chi connectivity index (χ0) is 10.3. The number of urea groups is 1. The molecule has 0 aliphatic carbocycles. The molecule has 0 aliphatic heterocycles. The van der Waals surface area contributed by atoms with Crippen molar-refractivity contribution in [3.8, 4) is 0 Å². The van der Waals surface area contributed by atoms with E-state index in [2.05, 4.69) is 10.6 Å². The summed E-state index contributed by atoms with van der Waals surface area (Å²) in [6.45, 7) is 4.14. The molecule has 0 radical (unpaired) electrons. The molecular formula is C7H16N4O2. The lowest BCUT2D eigenvalue weighted by Crippen LogP contribution is -2.50. The fraction of sp³-hybridized carbons (Fsp3) is 0.714. The lowest BCUT2D eigenvalue weighted by Gasteiger charge is -2.12. The molecule has 0 spiro atoms. The summed E-state index contributed by atoms with van der Waals surface area (Å²) in [6, 6.07) is -1.14. The Balaban J connectivity index is 3.75. The molecule has 3 amide bonds. The first-order chi connectivity index (χ1) is 6.11. The maximum absolute atomic E-state index is 11.2. The Morgan fingerprint density at radius 3 is 2.54 bits per heavy atom. The number of hydrogen-bond donors (Lipinski definition) is 4. The highest BCUT2D eigenvalue weighted by molar-refractivity contribution is 5.86. The monoisotopic (exact) mass is 188 g/mol. The van der Waals surface area contributed by atoms with Gasteiger partial charge in [0.25, 0.3) is 0 Å². The Hall–Kier alpha value is -1.30. The molecule has 76 valence electrons. The van der Waals surface area contributed by atoms with Crippen molar-refractivity contribution < 1.29 is 9.59 Å². The van der Waals surface area contributed by atoms with E-state index in [0.717, 1.165) is 6.42 Å². The fourth-order valence-electron chi connectivity index (χ4n) is 0.705. The fourth-order valence-corrected chi connectivity index (χ4v) is 0.705. The largest absolute Gasteiger partial charge is 0.354 e. The van der Waals surface area contributed by atoms with E-state index >= 15 is 0 Å². The summed E-state index contributed by atoms with van der Waals surface area (Å²) in [7, 11) is 0. The predicted octanol–water partition coefficient (Wildman–Crippen LogP) is -0.926. The maximum atomic E-state index is 11.2. The van der Waals surface area contributed by atoms with Gasteiger partial charge in [-0.2, -0.15) is 0 Å². The zero-order valence-electron chi connectivity index (χ0n) is 7.89. The number of hydrogen-bond acceptors (Lipinski definition) is 3. The van der Waals surface area contributed by atoms with Crippen LogP contribution < -0.4 is 21.9 Å². The van der Waals surface area contributed by atoms with Gasteiger partial charge >= 0.3 is 6.03 Å². The van der Waals surface area contributed by atoms with Crippen LogP contribution in [0.5, 0.6) is 0 Å². The van der Waals surface area contributed by atoms with Gasteiger partial charge < -0.3 is 10.6 Å². The van der Waals surface area contributed by atoms with Crippen LogP contribution in [0.3, 0.4) is 0 Å². The van der Waals surface area contributed by atoms with E-state index < -0.39 is 12.1 Å². The van der Waals surface area contributed by atoms with Gasteiger partial charge in [0.1, 0.15) is 6.04 Å². The van der Waals surface area contributed by atoms with Crippen LogP contribution in [0.2, 0.25) is 0 Å². The second-order valence-electron chi connectivity index (χ2n) is 2.63. The highest BCUT2D eigenvalue weighted by Crippen LogP contribution is 1.82. The van der Waals surface area contributed by atoms with E-state index in [0.29, 0.717) is 6.54 Å². The van der Waals surface area contributed by atoms with Crippen LogP contribution in [0, 0.1) is 0 Å². The van der Waals surface area contributed by atoms with Crippen LogP contribution in [0.4, 0.5) is 4.79 Å². The predicted molar refractivity (Wildman–Crippen MR) is 48.6 cm³/mol. The third-order valence-corrected chi connectivity index (χ3v) is 1.42. The number of hydrazine groups is 1. The third-order valence-electron chi connectivity index (χ3n) is 1.42. The van der Waals surface area contributed by atoms with Gasteiger partial charge in [-0.3, -0.25) is 10.2 Å². The summed E-state index contributed by atoms with van der Waals surface area (Å²) in [4.78, 5) is 21.8. The highest BCUT2D eigenvalue weighted by atomic mass is 16.2. The number of rotatable bonds is 4. The first-order valence-corrected chi connectivity index (χ1v) is 4.16. The molecule has 5 N–H and O–H groups in total. The topological polar surface area (TPSA) is 96.2 Å². The van der Waals surface area contributed by atoms with E-state index in [1.807, 2.05) is 12.3 Å². The van der Waals surface area contributed by atoms with Crippen LogP contribution in [0.15, 0.2) is 0 Å². The molecule has 1 unspecified atom stereocenters. The van der Waals surface area contributed by atoms with Gasteiger partial charge in [-0.15, -0.1) is 0 Å². The summed E-state index contributed by atoms with van der Waals surface area (Å²) in [5, 5.41) is 4.99. The van der Waals surface area contributed by atoms with Gasteiger partial charge in [0.05, 0.1) is 0 Å². The quantitative estimate of drug-likeness (QED) is 0.261. The number of nitrogens with one attached hydrogen (secondary N) is 3. The molecule has 0 saturated heterocycles. The standard InChI is InChI=1S/C7H16N4O2/c1-3-4-9-6(12)5(2)10-7(13)11-8/h5H,3-4,8H2,1-2H3,(H,9,12)(H2,10,11,13). The van der Waals surface area contributed by atoms with Gasteiger partial charge in [-0.1, -0.05) is 6.92 Å². The van der Waals surface area contributed by atoms with E-state index in [1.54, 1.807) is 6.92 Å². The summed E-state index contributed by atoms with van der Waals surface area (Å²) >= 11 is 0. The molecule has 0 aliphatic rings. The SMILES string of the molecule is CCCNC(=O)C(C)NC(=O)NN. The second kappa shape index (κ2) is 6.24.